The Labute approximate surface area is 134 Å². The van der Waals surface area contributed by atoms with E-state index in [4.69, 9.17) is 4.74 Å². The number of ketones is 1. The lowest BCUT2D eigenvalue weighted by Gasteiger charge is -2.06. The van der Waals surface area contributed by atoms with Crippen LogP contribution in [0.4, 0.5) is 0 Å². The van der Waals surface area contributed by atoms with Gasteiger partial charge < -0.3 is 4.74 Å². The average molecular weight is 304 g/mol. The first kappa shape index (κ1) is 14.9. The van der Waals surface area contributed by atoms with Crippen LogP contribution >= 0.6 is 0 Å². The van der Waals surface area contributed by atoms with E-state index in [0.717, 1.165) is 16.8 Å². The van der Waals surface area contributed by atoms with E-state index in [1.807, 2.05) is 54.6 Å². The first-order valence-corrected chi connectivity index (χ1v) is 7.32. The summed E-state index contributed by atoms with van der Waals surface area (Å²) in [5.41, 5.74) is 3.55. The fraction of sp³-hybridized carbons (Fsp3) is 0.105. The van der Waals surface area contributed by atoms with E-state index < -0.39 is 0 Å². The average Bonchev–Trinajstić information content (AvgIpc) is 2.61. The van der Waals surface area contributed by atoms with Crippen LogP contribution in [0.2, 0.25) is 0 Å². The Bertz CT molecular complexity index is 782. The second-order valence-electron chi connectivity index (χ2n) is 5.13. The second kappa shape index (κ2) is 6.83. The van der Waals surface area contributed by atoms with Crippen molar-refractivity contribution in [3.8, 4) is 17.0 Å². The molecule has 0 unspecified atom stereocenters. The summed E-state index contributed by atoms with van der Waals surface area (Å²) in [6, 6.07) is 17.0. The van der Waals surface area contributed by atoms with Crippen molar-refractivity contribution in [1.82, 2.24) is 9.97 Å². The fourth-order valence-corrected chi connectivity index (χ4v) is 2.17. The number of ether oxygens (including phenoxy) is 1. The highest BCUT2D eigenvalue weighted by Crippen LogP contribution is 2.21. The van der Waals surface area contributed by atoms with Crippen molar-refractivity contribution in [2.45, 2.75) is 13.5 Å². The molecule has 3 rings (SSSR count). The minimum absolute atomic E-state index is 0.0629. The maximum absolute atomic E-state index is 11.3. The van der Waals surface area contributed by atoms with Gasteiger partial charge in [-0.05, 0) is 30.7 Å². The molecule has 3 aromatic rings. The molecule has 0 radical (unpaired) electrons. The van der Waals surface area contributed by atoms with Crippen molar-refractivity contribution < 1.29 is 9.53 Å². The molecule has 2 aromatic heterocycles. The van der Waals surface area contributed by atoms with E-state index in [2.05, 4.69) is 9.97 Å². The van der Waals surface area contributed by atoms with Gasteiger partial charge in [0.25, 0.3) is 0 Å². The molecule has 0 atom stereocenters. The zero-order chi connectivity index (χ0) is 16.1. The van der Waals surface area contributed by atoms with Crippen LogP contribution in [0.15, 0.2) is 67.0 Å². The maximum atomic E-state index is 11.3. The third kappa shape index (κ3) is 3.80. The van der Waals surface area contributed by atoms with Gasteiger partial charge in [0.2, 0.25) is 5.88 Å². The SMILES string of the molecule is CC(=O)c1ccc(-c2ccc(OCc3ccccn3)nc2)cc1. The molecule has 0 aliphatic rings. The zero-order valence-corrected chi connectivity index (χ0v) is 12.8. The molecule has 0 fully saturated rings. The van der Waals surface area contributed by atoms with Crippen molar-refractivity contribution in [3.05, 3.63) is 78.2 Å². The first-order valence-electron chi connectivity index (χ1n) is 7.32. The van der Waals surface area contributed by atoms with Crippen molar-refractivity contribution in [1.29, 1.82) is 0 Å². The van der Waals surface area contributed by atoms with Crippen molar-refractivity contribution in [3.63, 3.8) is 0 Å². The van der Waals surface area contributed by atoms with E-state index in [1.165, 1.54) is 0 Å². The van der Waals surface area contributed by atoms with Crippen LogP contribution in [0.5, 0.6) is 5.88 Å². The van der Waals surface area contributed by atoms with Crippen molar-refractivity contribution >= 4 is 5.78 Å². The van der Waals surface area contributed by atoms with Gasteiger partial charge in [0.05, 0.1) is 5.69 Å². The molecule has 0 N–H and O–H groups in total. The van der Waals surface area contributed by atoms with Crippen LogP contribution in [-0.2, 0) is 6.61 Å². The summed E-state index contributed by atoms with van der Waals surface area (Å²) >= 11 is 0. The largest absolute Gasteiger partial charge is 0.471 e. The van der Waals surface area contributed by atoms with E-state index in [-0.39, 0.29) is 5.78 Å². The topological polar surface area (TPSA) is 52.1 Å². The van der Waals surface area contributed by atoms with Gasteiger partial charge >= 0.3 is 0 Å². The summed E-state index contributed by atoms with van der Waals surface area (Å²) < 4.78 is 5.62. The van der Waals surface area contributed by atoms with Gasteiger partial charge in [-0.3, -0.25) is 9.78 Å². The van der Waals surface area contributed by atoms with Crippen LogP contribution in [-0.4, -0.2) is 15.8 Å². The lowest BCUT2D eigenvalue weighted by atomic mass is 10.0. The summed E-state index contributed by atoms with van der Waals surface area (Å²) in [5, 5.41) is 0. The number of carbonyl (C=O) groups excluding carboxylic acids is 1. The number of hydrogen-bond acceptors (Lipinski definition) is 4. The third-order valence-electron chi connectivity index (χ3n) is 3.46. The van der Waals surface area contributed by atoms with Gasteiger partial charge in [0.15, 0.2) is 5.78 Å². The zero-order valence-electron chi connectivity index (χ0n) is 12.8. The third-order valence-corrected chi connectivity index (χ3v) is 3.46. The first-order chi connectivity index (χ1) is 11.2. The molecule has 23 heavy (non-hydrogen) atoms. The molecule has 0 aliphatic carbocycles. The number of hydrogen-bond donors (Lipinski definition) is 0. The minimum atomic E-state index is 0.0629. The standard InChI is InChI=1S/C19H16N2O2/c1-14(22)15-5-7-16(8-6-15)17-9-10-19(21-12-17)23-13-18-4-2-3-11-20-18/h2-12H,13H2,1H3. The molecular formula is C19H16N2O2. The van der Waals surface area contributed by atoms with Crippen molar-refractivity contribution in [2.75, 3.05) is 0 Å². The minimum Gasteiger partial charge on any atom is -0.471 e. The Kier molecular flexibility index (Phi) is 4.43. The molecule has 0 saturated heterocycles. The molecule has 0 aliphatic heterocycles. The molecule has 0 spiro atoms. The number of Topliss-reactive ketones (excluding diaryl/α,β-unsaturated/α-hetero) is 1. The maximum Gasteiger partial charge on any atom is 0.213 e. The lowest BCUT2D eigenvalue weighted by molar-refractivity contribution is 0.101. The van der Waals surface area contributed by atoms with Crippen LogP contribution < -0.4 is 4.74 Å². The van der Waals surface area contributed by atoms with Gasteiger partial charge in [-0.25, -0.2) is 4.98 Å². The quantitative estimate of drug-likeness (QED) is 0.670. The summed E-state index contributed by atoms with van der Waals surface area (Å²) in [7, 11) is 0. The van der Waals surface area contributed by atoms with Crippen molar-refractivity contribution in [2.24, 2.45) is 0 Å². The number of benzene rings is 1. The summed E-state index contributed by atoms with van der Waals surface area (Å²) in [5.74, 6) is 0.618. The molecule has 4 nitrogen and oxygen atoms in total. The monoisotopic (exact) mass is 304 g/mol. The molecule has 114 valence electrons. The predicted molar refractivity (Wildman–Crippen MR) is 88.2 cm³/mol. The predicted octanol–water partition coefficient (Wildman–Crippen LogP) is 3.93. The van der Waals surface area contributed by atoms with Gasteiger partial charge in [0.1, 0.15) is 6.61 Å². The van der Waals surface area contributed by atoms with Gasteiger partial charge in [-0.2, -0.15) is 0 Å². The molecule has 2 heterocycles. The van der Waals surface area contributed by atoms with Gasteiger partial charge in [0, 0.05) is 29.6 Å². The summed E-state index contributed by atoms with van der Waals surface area (Å²) in [6.45, 7) is 1.95. The number of nitrogens with zero attached hydrogens (tertiary/aromatic N) is 2. The van der Waals surface area contributed by atoms with E-state index in [9.17, 15) is 4.79 Å². The molecule has 4 heteroatoms. The summed E-state index contributed by atoms with van der Waals surface area (Å²) in [6.07, 6.45) is 3.50. The Morgan fingerprint density at radius 1 is 0.957 bits per heavy atom. The molecule has 0 amide bonds. The Morgan fingerprint density at radius 2 is 1.74 bits per heavy atom. The van der Waals surface area contributed by atoms with Crippen LogP contribution in [0.1, 0.15) is 23.0 Å². The highest BCUT2D eigenvalue weighted by atomic mass is 16.5. The van der Waals surface area contributed by atoms with Crippen LogP contribution in [0.3, 0.4) is 0 Å². The van der Waals surface area contributed by atoms with Gasteiger partial charge in [-0.15, -0.1) is 0 Å². The van der Waals surface area contributed by atoms with E-state index >= 15 is 0 Å². The Morgan fingerprint density at radius 3 is 2.35 bits per heavy atom. The second-order valence-corrected chi connectivity index (χ2v) is 5.13. The molecule has 0 bridgehead atoms. The number of rotatable bonds is 5. The molecular weight excluding hydrogens is 288 g/mol. The molecule has 1 aromatic carbocycles. The Balaban J connectivity index is 1.68. The van der Waals surface area contributed by atoms with Crippen LogP contribution in [0.25, 0.3) is 11.1 Å². The number of carbonyl (C=O) groups is 1. The van der Waals surface area contributed by atoms with E-state index in [1.54, 1.807) is 19.3 Å². The normalized spacial score (nSPS) is 10.3. The highest BCUT2D eigenvalue weighted by Gasteiger charge is 2.03. The van der Waals surface area contributed by atoms with Crippen LogP contribution in [0, 0.1) is 0 Å². The lowest BCUT2D eigenvalue weighted by Crippen LogP contribution is -1.99. The molecule has 0 saturated carbocycles. The number of aromatic nitrogens is 2. The smallest absolute Gasteiger partial charge is 0.213 e. The van der Waals surface area contributed by atoms with E-state index in [0.29, 0.717) is 18.1 Å². The number of pyridine rings is 2. The summed E-state index contributed by atoms with van der Waals surface area (Å²) in [4.78, 5) is 19.8. The highest BCUT2D eigenvalue weighted by molar-refractivity contribution is 5.94. The van der Waals surface area contributed by atoms with Gasteiger partial charge in [-0.1, -0.05) is 30.3 Å². The fourth-order valence-electron chi connectivity index (χ4n) is 2.17. The Hall–Kier alpha value is -3.01.